The summed E-state index contributed by atoms with van der Waals surface area (Å²) in [4.78, 5) is 0. The van der Waals surface area contributed by atoms with Crippen molar-refractivity contribution in [3.63, 3.8) is 0 Å². The molecule has 0 radical (unpaired) electrons. The monoisotopic (exact) mass is 222 g/mol. The van der Waals surface area contributed by atoms with Gasteiger partial charge in [0.25, 0.3) is 0 Å². The van der Waals surface area contributed by atoms with Crippen molar-refractivity contribution < 1.29 is 4.74 Å². The van der Waals surface area contributed by atoms with E-state index in [0.29, 0.717) is 12.1 Å². The van der Waals surface area contributed by atoms with Crippen LogP contribution in [0.2, 0.25) is 0 Å². The van der Waals surface area contributed by atoms with Crippen LogP contribution in [0, 0.1) is 5.41 Å². The summed E-state index contributed by atoms with van der Waals surface area (Å²) in [5.41, 5.74) is 3.79. The number of aromatic nitrogens is 1. The van der Waals surface area contributed by atoms with E-state index in [1.54, 1.807) is 0 Å². The second-order valence-corrected chi connectivity index (χ2v) is 4.81. The van der Waals surface area contributed by atoms with Gasteiger partial charge in [-0.2, -0.15) is 0 Å². The molecule has 1 heterocycles. The minimum Gasteiger partial charge on any atom is -0.378 e. The van der Waals surface area contributed by atoms with E-state index >= 15 is 0 Å². The Morgan fingerprint density at radius 3 is 2.62 bits per heavy atom. The number of rotatable bonds is 5. The van der Waals surface area contributed by atoms with E-state index in [9.17, 15) is 0 Å². The molecule has 90 valence electrons. The molecule has 0 saturated heterocycles. The van der Waals surface area contributed by atoms with Gasteiger partial charge >= 0.3 is 0 Å². The number of nitrogens with zero attached hydrogens (tertiary/aromatic N) is 1. The van der Waals surface area contributed by atoms with Crippen LogP contribution in [0.25, 0.3) is 0 Å². The van der Waals surface area contributed by atoms with Crippen molar-refractivity contribution in [1.82, 2.24) is 4.68 Å². The minimum absolute atomic E-state index is 0.264. The summed E-state index contributed by atoms with van der Waals surface area (Å²) in [7, 11) is 0. The van der Waals surface area contributed by atoms with Gasteiger partial charge in [0.1, 0.15) is 0 Å². The van der Waals surface area contributed by atoms with Gasteiger partial charge in [0, 0.05) is 24.4 Å². The predicted molar refractivity (Wildman–Crippen MR) is 66.0 cm³/mol. The van der Waals surface area contributed by atoms with E-state index in [4.69, 9.17) is 4.74 Å². The molecule has 3 heteroatoms. The summed E-state index contributed by atoms with van der Waals surface area (Å²) in [6.07, 6.45) is 6.76. The van der Waals surface area contributed by atoms with Crippen molar-refractivity contribution in [2.45, 2.75) is 45.8 Å². The molecule has 0 amide bonds. The zero-order valence-corrected chi connectivity index (χ0v) is 10.4. The van der Waals surface area contributed by atoms with Crippen molar-refractivity contribution >= 4 is 0 Å². The van der Waals surface area contributed by atoms with E-state index in [1.165, 1.54) is 0 Å². The number of hydrogen-bond acceptors (Lipinski definition) is 2. The van der Waals surface area contributed by atoms with E-state index in [1.807, 2.05) is 29.2 Å². The van der Waals surface area contributed by atoms with Gasteiger partial charge in [-0.1, -0.05) is 13.8 Å². The van der Waals surface area contributed by atoms with Crippen LogP contribution in [0.15, 0.2) is 24.5 Å². The van der Waals surface area contributed by atoms with Crippen LogP contribution >= 0.6 is 0 Å². The first kappa shape index (κ1) is 11.5. The maximum atomic E-state index is 5.78. The second kappa shape index (κ2) is 4.50. The zero-order chi connectivity index (χ0) is 11.6. The van der Waals surface area contributed by atoms with Crippen LogP contribution in [0.4, 0.5) is 0 Å². The molecule has 1 saturated carbocycles. The Labute approximate surface area is 97.8 Å². The van der Waals surface area contributed by atoms with Crippen molar-refractivity contribution in [3.8, 4) is 0 Å². The number of hydrogen-bond donors (Lipinski definition) is 1. The van der Waals surface area contributed by atoms with Gasteiger partial charge in [0.2, 0.25) is 0 Å². The molecule has 1 aromatic rings. The van der Waals surface area contributed by atoms with E-state index in [-0.39, 0.29) is 5.41 Å². The lowest BCUT2D eigenvalue weighted by Crippen LogP contribution is -2.60. The summed E-state index contributed by atoms with van der Waals surface area (Å²) in [5.74, 6) is 0. The lowest BCUT2D eigenvalue weighted by atomic mass is 9.62. The molecular weight excluding hydrogens is 200 g/mol. The Morgan fingerprint density at radius 2 is 2.06 bits per heavy atom. The molecule has 1 aliphatic rings. The van der Waals surface area contributed by atoms with Crippen LogP contribution < -0.4 is 5.43 Å². The maximum absolute atomic E-state index is 5.78. The average molecular weight is 222 g/mol. The highest BCUT2D eigenvalue weighted by Crippen LogP contribution is 2.46. The van der Waals surface area contributed by atoms with Crippen molar-refractivity contribution in [3.05, 3.63) is 24.5 Å². The van der Waals surface area contributed by atoms with Crippen LogP contribution in [-0.2, 0) is 4.74 Å². The largest absolute Gasteiger partial charge is 0.378 e. The van der Waals surface area contributed by atoms with Crippen LogP contribution in [0.3, 0.4) is 0 Å². The minimum atomic E-state index is 0.264. The third kappa shape index (κ3) is 1.84. The Morgan fingerprint density at radius 1 is 1.38 bits per heavy atom. The number of nitrogens with one attached hydrogen (secondary N) is 1. The first-order chi connectivity index (χ1) is 7.70. The molecule has 16 heavy (non-hydrogen) atoms. The summed E-state index contributed by atoms with van der Waals surface area (Å²) >= 11 is 0. The molecular formula is C13H22N2O. The van der Waals surface area contributed by atoms with E-state index in [0.717, 1.165) is 19.4 Å². The Bertz CT molecular complexity index is 323. The topological polar surface area (TPSA) is 26.2 Å². The Kier molecular flexibility index (Phi) is 3.24. The molecule has 2 rings (SSSR count). The first-order valence-corrected chi connectivity index (χ1v) is 6.21. The molecule has 0 spiro atoms. The molecule has 1 aliphatic carbocycles. The van der Waals surface area contributed by atoms with Gasteiger partial charge in [-0.15, -0.1) is 0 Å². The highest BCUT2D eigenvalue weighted by molar-refractivity contribution is 5.11. The molecule has 1 N–H and O–H groups in total. The fraction of sp³-hybridized carbons (Fsp3) is 0.692. The number of ether oxygens (including phenoxy) is 1. The SMILES string of the molecule is CCOC1CC(Nn2cccc2)C1(C)CC. The fourth-order valence-electron chi connectivity index (χ4n) is 2.55. The van der Waals surface area contributed by atoms with E-state index in [2.05, 4.69) is 26.2 Å². The lowest BCUT2D eigenvalue weighted by molar-refractivity contribution is -0.112. The fourth-order valence-corrected chi connectivity index (χ4v) is 2.55. The molecule has 0 aromatic carbocycles. The third-order valence-electron chi connectivity index (χ3n) is 4.02. The lowest BCUT2D eigenvalue weighted by Gasteiger charge is -2.53. The first-order valence-electron chi connectivity index (χ1n) is 6.21. The molecule has 1 aromatic heterocycles. The summed E-state index contributed by atoms with van der Waals surface area (Å²) in [5, 5.41) is 0. The van der Waals surface area contributed by atoms with Gasteiger partial charge < -0.3 is 10.2 Å². The predicted octanol–water partition coefficient (Wildman–Crippen LogP) is 2.63. The van der Waals surface area contributed by atoms with E-state index < -0.39 is 0 Å². The van der Waals surface area contributed by atoms with Crippen molar-refractivity contribution in [1.29, 1.82) is 0 Å². The zero-order valence-electron chi connectivity index (χ0n) is 10.4. The third-order valence-corrected chi connectivity index (χ3v) is 4.02. The normalized spacial score (nSPS) is 33.4. The molecule has 1 fully saturated rings. The van der Waals surface area contributed by atoms with Gasteiger partial charge in [-0.3, -0.25) is 4.68 Å². The van der Waals surface area contributed by atoms with Crippen molar-refractivity contribution in [2.75, 3.05) is 12.0 Å². The quantitative estimate of drug-likeness (QED) is 0.829. The Balaban J connectivity index is 1.97. The van der Waals surface area contributed by atoms with Crippen LogP contribution in [0.5, 0.6) is 0 Å². The Hall–Kier alpha value is -0.960. The molecule has 0 bridgehead atoms. The van der Waals surface area contributed by atoms with Gasteiger partial charge in [0.15, 0.2) is 0 Å². The van der Waals surface area contributed by atoms with Gasteiger partial charge in [-0.05, 0) is 31.9 Å². The van der Waals surface area contributed by atoms with Crippen molar-refractivity contribution in [2.24, 2.45) is 5.41 Å². The summed E-state index contributed by atoms with van der Waals surface area (Å²) < 4.78 is 7.83. The summed E-state index contributed by atoms with van der Waals surface area (Å²) in [6, 6.07) is 4.59. The highest BCUT2D eigenvalue weighted by Gasteiger charge is 2.51. The molecule has 0 aliphatic heterocycles. The molecule has 3 unspecified atom stereocenters. The highest BCUT2D eigenvalue weighted by atomic mass is 16.5. The smallest absolute Gasteiger partial charge is 0.0668 e. The van der Waals surface area contributed by atoms with Crippen LogP contribution in [0.1, 0.15) is 33.6 Å². The molecule has 3 atom stereocenters. The maximum Gasteiger partial charge on any atom is 0.0668 e. The summed E-state index contributed by atoms with van der Waals surface area (Å²) in [6.45, 7) is 7.45. The second-order valence-electron chi connectivity index (χ2n) is 4.81. The average Bonchev–Trinajstić information content (AvgIpc) is 2.79. The standard InChI is InChI=1S/C13H22N2O/c1-4-13(3)11(10-12(13)16-5-2)14-15-8-6-7-9-15/h6-9,11-12,14H,4-5,10H2,1-3H3. The van der Waals surface area contributed by atoms with Gasteiger partial charge in [-0.25, -0.2) is 0 Å². The molecule has 3 nitrogen and oxygen atoms in total. The van der Waals surface area contributed by atoms with Gasteiger partial charge in [0.05, 0.1) is 12.1 Å². The van der Waals surface area contributed by atoms with Crippen LogP contribution in [-0.4, -0.2) is 23.4 Å².